The summed E-state index contributed by atoms with van der Waals surface area (Å²) >= 11 is 1.78. The maximum atomic E-state index is 12.9. The van der Waals surface area contributed by atoms with Crippen molar-refractivity contribution in [2.45, 2.75) is 24.1 Å². The minimum atomic E-state index is -0.102. The van der Waals surface area contributed by atoms with Crippen molar-refractivity contribution in [2.75, 3.05) is 47.1 Å². The highest BCUT2D eigenvalue weighted by Gasteiger charge is 2.54. The van der Waals surface area contributed by atoms with Crippen LogP contribution in [0.5, 0.6) is 11.5 Å². The predicted octanol–water partition coefficient (Wildman–Crippen LogP) is 3.83. The third-order valence-electron chi connectivity index (χ3n) is 7.44. The Balaban J connectivity index is 1.36. The van der Waals surface area contributed by atoms with Crippen LogP contribution in [0.1, 0.15) is 28.8 Å². The van der Waals surface area contributed by atoms with Crippen molar-refractivity contribution >= 4 is 22.8 Å². The largest absolute Gasteiger partial charge is 0.497 e. The first-order valence-corrected chi connectivity index (χ1v) is 13.0. The highest BCUT2D eigenvalue weighted by Crippen LogP contribution is 2.51. The average molecular weight is 496 g/mol. The molecular formula is C27H33N3O4S. The molecule has 7 nitrogen and oxygen atoms in total. The fraction of sp³-hybridized carbons (Fsp3) is 0.481. The molecule has 2 saturated heterocycles. The van der Waals surface area contributed by atoms with Gasteiger partial charge in [-0.1, -0.05) is 36.0 Å². The number of likely N-dealkylation sites (tertiary alicyclic amines) is 1. The monoisotopic (exact) mass is 495 g/mol. The molecule has 0 radical (unpaired) electrons. The number of hydrogen-bond acceptors (Lipinski definition) is 7. The Kier molecular flexibility index (Phi) is 7.32. The van der Waals surface area contributed by atoms with Crippen molar-refractivity contribution in [3.05, 3.63) is 59.7 Å². The smallest absolute Gasteiger partial charge is 0.257 e. The number of benzene rings is 2. The van der Waals surface area contributed by atoms with Crippen molar-refractivity contribution in [1.29, 1.82) is 0 Å². The number of ether oxygens (including phenoxy) is 3. The normalized spacial score (nSPS) is 25.0. The Morgan fingerprint density at radius 1 is 1.14 bits per heavy atom. The summed E-state index contributed by atoms with van der Waals surface area (Å²) in [5.41, 5.74) is 1.80. The predicted molar refractivity (Wildman–Crippen MR) is 138 cm³/mol. The molecule has 0 bridgehead atoms. The second-order valence-corrected chi connectivity index (χ2v) is 10.8. The maximum Gasteiger partial charge on any atom is 0.257 e. The third kappa shape index (κ3) is 5.06. The zero-order chi connectivity index (χ0) is 24.3. The SMILES string of the molecule is COc1ccc(CN2C[C@@H]3CN=C(NC(=O)c4ccccc4)S[C@@]3(C3CCOCC3)C2)c(OC)c1. The van der Waals surface area contributed by atoms with E-state index in [1.165, 1.54) is 0 Å². The Morgan fingerprint density at radius 3 is 2.69 bits per heavy atom. The lowest BCUT2D eigenvalue weighted by molar-refractivity contribution is 0.0493. The molecule has 0 aliphatic carbocycles. The molecule has 0 spiro atoms. The second kappa shape index (κ2) is 10.6. The molecule has 186 valence electrons. The number of rotatable bonds is 6. The molecule has 2 aromatic carbocycles. The van der Waals surface area contributed by atoms with E-state index < -0.39 is 0 Å². The van der Waals surface area contributed by atoms with Gasteiger partial charge in [-0.25, -0.2) is 0 Å². The highest BCUT2D eigenvalue weighted by atomic mass is 32.2. The van der Waals surface area contributed by atoms with Gasteiger partial charge in [0.25, 0.3) is 5.91 Å². The lowest BCUT2D eigenvalue weighted by Crippen LogP contribution is -2.50. The van der Waals surface area contributed by atoms with Crippen LogP contribution in [0.25, 0.3) is 0 Å². The molecular weight excluding hydrogens is 462 g/mol. The summed E-state index contributed by atoms with van der Waals surface area (Å²) in [6.07, 6.45) is 2.09. The molecule has 1 N–H and O–H groups in total. The summed E-state index contributed by atoms with van der Waals surface area (Å²) in [4.78, 5) is 20.2. The maximum absolute atomic E-state index is 12.9. The van der Waals surface area contributed by atoms with Gasteiger partial charge < -0.3 is 19.5 Å². The lowest BCUT2D eigenvalue weighted by Gasteiger charge is -2.44. The van der Waals surface area contributed by atoms with Gasteiger partial charge in [-0.15, -0.1) is 0 Å². The molecule has 2 atom stereocenters. The standard InChI is InChI=1S/C27H33N3O4S/c1-32-23-9-8-20(24(14-23)33-2)16-30-17-22-15-28-26(29-25(31)19-6-4-3-5-7-19)35-27(22,18-30)21-10-12-34-13-11-21/h3-9,14,21-22H,10-13,15-18H2,1-2H3,(H,28,29,31)/t22-,27+/m0/s1. The first kappa shape index (κ1) is 24.2. The molecule has 0 saturated carbocycles. The van der Waals surface area contributed by atoms with E-state index in [-0.39, 0.29) is 10.7 Å². The number of hydrogen-bond donors (Lipinski definition) is 1. The van der Waals surface area contributed by atoms with E-state index in [0.29, 0.717) is 17.4 Å². The summed E-state index contributed by atoms with van der Waals surface area (Å²) < 4.78 is 16.7. The molecule has 1 amide bonds. The van der Waals surface area contributed by atoms with Crippen molar-refractivity contribution in [3.8, 4) is 11.5 Å². The van der Waals surface area contributed by atoms with Crippen LogP contribution in [0.4, 0.5) is 0 Å². The summed E-state index contributed by atoms with van der Waals surface area (Å²) in [6.45, 7) is 5.06. The zero-order valence-electron chi connectivity index (χ0n) is 20.4. The van der Waals surface area contributed by atoms with E-state index in [4.69, 9.17) is 19.2 Å². The number of carbonyl (C=O) groups excluding carboxylic acids is 1. The van der Waals surface area contributed by atoms with Crippen LogP contribution in [0.15, 0.2) is 53.5 Å². The van der Waals surface area contributed by atoms with Crippen molar-refractivity contribution in [3.63, 3.8) is 0 Å². The Morgan fingerprint density at radius 2 is 1.94 bits per heavy atom. The topological polar surface area (TPSA) is 72.4 Å². The van der Waals surface area contributed by atoms with E-state index in [0.717, 1.165) is 74.5 Å². The van der Waals surface area contributed by atoms with Crippen LogP contribution in [-0.4, -0.2) is 67.8 Å². The lowest BCUT2D eigenvalue weighted by atomic mass is 9.78. The molecule has 3 heterocycles. The van der Waals surface area contributed by atoms with Gasteiger partial charge in [-0.05, 0) is 37.0 Å². The molecule has 0 unspecified atom stereocenters. The molecule has 5 rings (SSSR count). The van der Waals surface area contributed by atoms with Gasteiger partial charge in [0.05, 0.1) is 14.2 Å². The number of fused-ring (bicyclic) bond motifs is 1. The van der Waals surface area contributed by atoms with E-state index in [1.807, 2.05) is 42.5 Å². The second-order valence-electron chi connectivity index (χ2n) is 9.45. The third-order valence-corrected chi connectivity index (χ3v) is 9.04. The fourth-order valence-corrected chi connectivity index (χ4v) is 7.25. The summed E-state index contributed by atoms with van der Waals surface area (Å²) in [6, 6.07) is 15.4. The number of amides is 1. The van der Waals surface area contributed by atoms with Crippen LogP contribution in [0, 0.1) is 11.8 Å². The van der Waals surface area contributed by atoms with E-state index in [9.17, 15) is 4.79 Å². The zero-order valence-corrected chi connectivity index (χ0v) is 21.2. The molecule has 3 aliphatic heterocycles. The quantitative estimate of drug-likeness (QED) is 0.657. The van der Waals surface area contributed by atoms with Gasteiger partial charge in [-0.2, -0.15) is 0 Å². The molecule has 3 aliphatic rings. The molecule has 8 heteroatoms. The van der Waals surface area contributed by atoms with Crippen LogP contribution >= 0.6 is 11.8 Å². The Bertz CT molecular complexity index is 1070. The van der Waals surface area contributed by atoms with Crippen LogP contribution in [0.3, 0.4) is 0 Å². The molecule has 35 heavy (non-hydrogen) atoms. The number of amidine groups is 1. The summed E-state index contributed by atoms with van der Waals surface area (Å²) in [5, 5.41) is 3.84. The molecule has 2 fully saturated rings. The van der Waals surface area contributed by atoms with E-state index in [2.05, 4.69) is 16.3 Å². The number of nitrogens with zero attached hydrogens (tertiary/aromatic N) is 2. The van der Waals surface area contributed by atoms with Crippen LogP contribution in [-0.2, 0) is 11.3 Å². The van der Waals surface area contributed by atoms with Gasteiger partial charge in [0.2, 0.25) is 0 Å². The van der Waals surface area contributed by atoms with Gasteiger partial charge in [0.15, 0.2) is 5.17 Å². The number of aliphatic imine (C=N–C) groups is 1. The van der Waals surface area contributed by atoms with Crippen molar-refractivity contribution < 1.29 is 19.0 Å². The fourth-order valence-electron chi connectivity index (χ4n) is 5.64. The summed E-state index contributed by atoms with van der Waals surface area (Å²) in [7, 11) is 3.37. The first-order valence-electron chi connectivity index (χ1n) is 12.2. The van der Waals surface area contributed by atoms with Gasteiger partial charge in [-0.3, -0.25) is 14.7 Å². The average Bonchev–Trinajstić information content (AvgIpc) is 3.28. The van der Waals surface area contributed by atoms with Crippen LogP contribution in [0.2, 0.25) is 0 Å². The van der Waals surface area contributed by atoms with Gasteiger partial charge in [0.1, 0.15) is 11.5 Å². The highest BCUT2D eigenvalue weighted by molar-refractivity contribution is 8.15. The Labute approximate surface area is 211 Å². The number of methoxy groups -OCH3 is 2. The van der Waals surface area contributed by atoms with E-state index >= 15 is 0 Å². The number of thioether (sulfide) groups is 1. The minimum Gasteiger partial charge on any atom is -0.497 e. The van der Waals surface area contributed by atoms with E-state index in [1.54, 1.807) is 26.0 Å². The molecule has 0 aromatic heterocycles. The summed E-state index contributed by atoms with van der Waals surface area (Å²) in [5.74, 6) is 2.49. The van der Waals surface area contributed by atoms with Crippen LogP contribution < -0.4 is 14.8 Å². The van der Waals surface area contributed by atoms with Gasteiger partial charge >= 0.3 is 0 Å². The van der Waals surface area contributed by atoms with Crippen molar-refractivity contribution in [2.24, 2.45) is 16.8 Å². The van der Waals surface area contributed by atoms with Gasteiger partial charge in [0, 0.05) is 67.3 Å². The molecule has 2 aromatic rings. The number of nitrogens with one attached hydrogen (secondary N) is 1. The minimum absolute atomic E-state index is 0.00450. The Hall–Kier alpha value is -2.55. The van der Waals surface area contributed by atoms with Crippen molar-refractivity contribution in [1.82, 2.24) is 10.2 Å². The first-order chi connectivity index (χ1) is 17.1. The number of carbonyl (C=O) groups is 1.